The summed E-state index contributed by atoms with van der Waals surface area (Å²) in [5, 5.41) is 7.06. The summed E-state index contributed by atoms with van der Waals surface area (Å²) in [6.45, 7) is 3.99. The second-order valence-electron chi connectivity index (χ2n) is 5.10. The van der Waals surface area contributed by atoms with E-state index in [0.717, 1.165) is 5.69 Å². The SMILES string of the molecule is COc1ccc(Cl)cc1C(N)c1cc(C(C)C)n[nH]c1=O. The van der Waals surface area contributed by atoms with Crippen LogP contribution in [0, 0.1) is 0 Å². The summed E-state index contributed by atoms with van der Waals surface area (Å²) in [6, 6.07) is 6.25. The molecule has 0 aliphatic rings. The van der Waals surface area contributed by atoms with Crippen LogP contribution in [-0.2, 0) is 0 Å². The third-order valence-corrected chi connectivity index (χ3v) is 3.54. The maximum absolute atomic E-state index is 12.0. The molecule has 0 spiro atoms. The van der Waals surface area contributed by atoms with Gasteiger partial charge in [-0.05, 0) is 30.2 Å². The van der Waals surface area contributed by atoms with Crippen molar-refractivity contribution in [1.29, 1.82) is 0 Å². The van der Waals surface area contributed by atoms with Crippen LogP contribution in [0.5, 0.6) is 5.75 Å². The lowest BCUT2D eigenvalue weighted by Crippen LogP contribution is -2.25. The van der Waals surface area contributed by atoms with Gasteiger partial charge in [-0.1, -0.05) is 25.4 Å². The minimum absolute atomic E-state index is 0.189. The molecule has 1 heterocycles. The van der Waals surface area contributed by atoms with Crippen molar-refractivity contribution in [1.82, 2.24) is 10.2 Å². The van der Waals surface area contributed by atoms with Gasteiger partial charge in [0.15, 0.2) is 0 Å². The molecule has 1 unspecified atom stereocenters. The second-order valence-corrected chi connectivity index (χ2v) is 5.53. The smallest absolute Gasteiger partial charge is 0.269 e. The van der Waals surface area contributed by atoms with Gasteiger partial charge in [-0.3, -0.25) is 4.79 Å². The van der Waals surface area contributed by atoms with E-state index in [4.69, 9.17) is 22.1 Å². The molecular weight excluding hydrogens is 290 g/mol. The van der Waals surface area contributed by atoms with E-state index in [1.807, 2.05) is 13.8 Å². The lowest BCUT2D eigenvalue weighted by atomic mass is 9.98. The highest BCUT2D eigenvalue weighted by atomic mass is 35.5. The Morgan fingerprint density at radius 1 is 1.29 bits per heavy atom. The third-order valence-electron chi connectivity index (χ3n) is 3.31. The Balaban J connectivity index is 2.54. The average molecular weight is 308 g/mol. The maximum Gasteiger partial charge on any atom is 0.269 e. The molecule has 0 amide bonds. The van der Waals surface area contributed by atoms with Crippen LogP contribution in [0.2, 0.25) is 5.02 Å². The van der Waals surface area contributed by atoms with Gasteiger partial charge in [0.05, 0.1) is 18.8 Å². The van der Waals surface area contributed by atoms with Gasteiger partial charge in [0.1, 0.15) is 5.75 Å². The van der Waals surface area contributed by atoms with E-state index in [9.17, 15) is 4.79 Å². The van der Waals surface area contributed by atoms with Crippen LogP contribution in [0.15, 0.2) is 29.1 Å². The Bertz CT molecular complexity index is 698. The number of H-pyrrole nitrogens is 1. The molecule has 0 saturated carbocycles. The molecule has 0 fully saturated rings. The van der Waals surface area contributed by atoms with Crippen LogP contribution in [0.25, 0.3) is 0 Å². The minimum Gasteiger partial charge on any atom is -0.496 e. The number of nitrogens with one attached hydrogen (secondary N) is 1. The molecule has 6 heteroatoms. The van der Waals surface area contributed by atoms with E-state index in [1.54, 1.807) is 31.4 Å². The van der Waals surface area contributed by atoms with Gasteiger partial charge < -0.3 is 10.5 Å². The highest BCUT2D eigenvalue weighted by Gasteiger charge is 2.19. The van der Waals surface area contributed by atoms with Gasteiger partial charge in [0.2, 0.25) is 0 Å². The molecular formula is C15H18ClN3O2. The molecule has 3 N–H and O–H groups in total. The number of hydrogen-bond acceptors (Lipinski definition) is 4. The zero-order valence-electron chi connectivity index (χ0n) is 12.2. The molecule has 1 aromatic carbocycles. The molecule has 112 valence electrons. The van der Waals surface area contributed by atoms with Crippen LogP contribution in [0.1, 0.15) is 42.6 Å². The number of benzene rings is 1. The van der Waals surface area contributed by atoms with E-state index in [0.29, 0.717) is 21.9 Å². The summed E-state index contributed by atoms with van der Waals surface area (Å²) < 4.78 is 5.29. The molecule has 1 aromatic heterocycles. The topological polar surface area (TPSA) is 81.0 Å². The Morgan fingerprint density at radius 2 is 2.00 bits per heavy atom. The standard InChI is InChI=1S/C15H18ClN3O2/c1-8(2)12-7-11(15(20)19-18-12)14(17)10-6-9(16)4-5-13(10)21-3/h4-8,14H,17H2,1-3H3,(H,19,20). The summed E-state index contributed by atoms with van der Waals surface area (Å²) in [4.78, 5) is 12.0. The molecule has 1 atom stereocenters. The zero-order valence-corrected chi connectivity index (χ0v) is 12.9. The fourth-order valence-electron chi connectivity index (χ4n) is 2.08. The molecule has 2 rings (SSSR count). The van der Waals surface area contributed by atoms with Gasteiger partial charge in [0, 0.05) is 16.1 Å². The monoisotopic (exact) mass is 307 g/mol. The van der Waals surface area contributed by atoms with Crippen molar-refractivity contribution in [2.75, 3.05) is 7.11 Å². The van der Waals surface area contributed by atoms with E-state index in [1.165, 1.54) is 0 Å². The first-order valence-electron chi connectivity index (χ1n) is 6.62. The Morgan fingerprint density at radius 3 is 2.62 bits per heavy atom. The fourth-order valence-corrected chi connectivity index (χ4v) is 2.26. The van der Waals surface area contributed by atoms with Crippen LogP contribution in [0.4, 0.5) is 0 Å². The van der Waals surface area contributed by atoms with Gasteiger partial charge in [-0.25, -0.2) is 5.10 Å². The number of aromatic amines is 1. The van der Waals surface area contributed by atoms with Gasteiger partial charge in [0.25, 0.3) is 5.56 Å². The summed E-state index contributed by atoms with van der Waals surface area (Å²) in [6.07, 6.45) is 0. The fraction of sp³-hybridized carbons (Fsp3) is 0.333. The number of rotatable bonds is 4. The summed E-state index contributed by atoms with van der Waals surface area (Å²) >= 11 is 6.02. The number of halogens is 1. The molecule has 21 heavy (non-hydrogen) atoms. The molecule has 0 radical (unpaired) electrons. The molecule has 0 aliphatic carbocycles. The first-order chi connectivity index (χ1) is 9.93. The predicted octanol–water partition coefficient (Wildman–Crippen LogP) is 2.60. The highest BCUT2D eigenvalue weighted by Crippen LogP contribution is 2.30. The Labute approximate surface area is 128 Å². The molecule has 2 aromatic rings. The number of ether oxygens (including phenoxy) is 1. The first-order valence-corrected chi connectivity index (χ1v) is 7.00. The van der Waals surface area contributed by atoms with Crippen molar-refractivity contribution < 1.29 is 4.74 Å². The normalized spacial score (nSPS) is 12.5. The largest absolute Gasteiger partial charge is 0.496 e. The summed E-state index contributed by atoms with van der Waals surface area (Å²) in [5.74, 6) is 0.781. The number of aromatic nitrogens is 2. The van der Waals surface area contributed by atoms with E-state index < -0.39 is 6.04 Å². The number of nitrogens with zero attached hydrogens (tertiary/aromatic N) is 1. The predicted molar refractivity (Wildman–Crippen MR) is 83.0 cm³/mol. The average Bonchev–Trinajstić information content (AvgIpc) is 2.46. The summed E-state index contributed by atoms with van der Waals surface area (Å²) in [7, 11) is 1.55. The van der Waals surface area contributed by atoms with Crippen LogP contribution in [-0.4, -0.2) is 17.3 Å². The van der Waals surface area contributed by atoms with E-state index >= 15 is 0 Å². The molecule has 0 bridgehead atoms. The van der Waals surface area contributed by atoms with Crippen LogP contribution < -0.4 is 16.0 Å². The zero-order chi connectivity index (χ0) is 15.6. The van der Waals surface area contributed by atoms with Crippen molar-refractivity contribution in [2.24, 2.45) is 5.73 Å². The molecule has 0 saturated heterocycles. The summed E-state index contributed by atoms with van der Waals surface area (Å²) in [5.41, 5.74) is 7.82. The lowest BCUT2D eigenvalue weighted by Gasteiger charge is -2.16. The molecule has 0 aliphatic heterocycles. The van der Waals surface area contributed by atoms with Crippen molar-refractivity contribution >= 4 is 11.6 Å². The number of nitrogens with two attached hydrogens (primary N) is 1. The van der Waals surface area contributed by atoms with Gasteiger partial charge in [-0.15, -0.1) is 0 Å². The highest BCUT2D eigenvalue weighted by molar-refractivity contribution is 6.30. The minimum atomic E-state index is -0.636. The van der Waals surface area contributed by atoms with Crippen molar-refractivity contribution in [3.05, 3.63) is 56.5 Å². The van der Waals surface area contributed by atoms with Gasteiger partial charge in [-0.2, -0.15) is 5.10 Å². The Hall–Kier alpha value is -1.85. The van der Waals surface area contributed by atoms with Gasteiger partial charge >= 0.3 is 0 Å². The lowest BCUT2D eigenvalue weighted by molar-refractivity contribution is 0.407. The third kappa shape index (κ3) is 3.25. The van der Waals surface area contributed by atoms with Crippen LogP contribution >= 0.6 is 11.6 Å². The van der Waals surface area contributed by atoms with E-state index in [2.05, 4.69) is 10.2 Å². The Kier molecular flexibility index (Phi) is 4.65. The van der Waals surface area contributed by atoms with Crippen molar-refractivity contribution in [3.63, 3.8) is 0 Å². The molecule has 5 nitrogen and oxygen atoms in total. The maximum atomic E-state index is 12.0. The number of hydrogen-bond donors (Lipinski definition) is 2. The quantitative estimate of drug-likeness (QED) is 0.909. The second kappa shape index (κ2) is 6.28. The number of methoxy groups -OCH3 is 1. The van der Waals surface area contributed by atoms with Crippen molar-refractivity contribution in [2.45, 2.75) is 25.8 Å². The van der Waals surface area contributed by atoms with Crippen LogP contribution in [0.3, 0.4) is 0 Å². The first kappa shape index (κ1) is 15.5. The van der Waals surface area contributed by atoms with E-state index in [-0.39, 0.29) is 11.5 Å². The van der Waals surface area contributed by atoms with Crippen molar-refractivity contribution in [3.8, 4) is 5.75 Å².